The lowest BCUT2D eigenvalue weighted by Gasteiger charge is -2.12. The molecule has 1 atom stereocenters. The zero-order valence-corrected chi connectivity index (χ0v) is 11.4. The Kier molecular flexibility index (Phi) is 6.85. The van der Waals surface area contributed by atoms with E-state index in [-0.39, 0.29) is 0 Å². The Balaban J connectivity index is 2.23. The molecule has 4 heteroatoms. The van der Waals surface area contributed by atoms with Crippen molar-refractivity contribution in [2.24, 2.45) is 0 Å². The zero-order valence-electron chi connectivity index (χ0n) is 9.87. The molecule has 1 heterocycles. The monoisotopic (exact) mass is 258 g/mol. The molecule has 1 rings (SSSR count). The summed E-state index contributed by atoms with van der Waals surface area (Å²) >= 11 is 7.76. The molecule has 0 aliphatic rings. The predicted molar refractivity (Wildman–Crippen MR) is 72.3 cm³/mol. The minimum Gasteiger partial charge on any atom is -0.317 e. The van der Waals surface area contributed by atoms with Crippen LogP contribution in [-0.4, -0.2) is 23.8 Å². The van der Waals surface area contributed by atoms with Crippen molar-refractivity contribution in [1.82, 2.24) is 10.3 Å². The fourth-order valence-electron chi connectivity index (χ4n) is 1.53. The summed E-state index contributed by atoms with van der Waals surface area (Å²) in [5.41, 5.74) is 0. The molecular weight excluding hydrogens is 240 g/mol. The number of nitrogens with one attached hydrogen (secondary N) is 1. The van der Waals surface area contributed by atoms with Crippen LogP contribution >= 0.6 is 23.4 Å². The highest BCUT2D eigenvalue weighted by Gasteiger charge is 2.04. The summed E-state index contributed by atoms with van der Waals surface area (Å²) in [5, 5.41) is 5.01. The lowest BCUT2D eigenvalue weighted by atomic mass is 10.1. The number of halogens is 1. The van der Waals surface area contributed by atoms with Crippen molar-refractivity contribution in [3.63, 3.8) is 0 Å². The van der Waals surface area contributed by atoms with Crippen molar-refractivity contribution in [3.8, 4) is 0 Å². The maximum absolute atomic E-state index is 6.02. The molecule has 1 N–H and O–H groups in total. The Labute approximate surface area is 107 Å². The average Bonchev–Trinajstić information content (AvgIpc) is 2.31. The molecule has 0 aliphatic carbocycles. The Morgan fingerprint density at radius 1 is 1.56 bits per heavy atom. The van der Waals surface area contributed by atoms with Gasteiger partial charge >= 0.3 is 0 Å². The lowest BCUT2D eigenvalue weighted by Crippen LogP contribution is -2.23. The van der Waals surface area contributed by atoms with E-state index in [2.05, 4.69) is 17.2 Å². The topological polar surface area (TPSA) is 24.9 Å². The largest absolute Gasteiger partial charge is 0.317 e. The van der Waals surface area contributed by atoms with Crippen LogP contribution in [0.3, 0.4) is 0 Å². The third kappa shape index (κ3) is 4.73. The predicted octanol–water partition coefficient (Wildman–Crippen LogP) is 3.61. The SMILES string of the molecule is CCC(CCCSc1ncccc1Cl)NC. The number of aromatic nitrogens is 1. The summed E-state index contributed by atoms with van der Waals surface area (Å²) in [6.45, 7) is 2.21. The van der Waals surface area contributed by atoms with E-state index < -0.39 is 0 Å². The second-order valence-corrected chi connectivity index (χ2v) is 5.17. The van der Waals surface area contributed by atoms with Gasteiger partial charge in [0.1, 0.15) is 5.03 Å². The van der Waals surface area contributed by atoms with Crippen LogP contribution in [-0.2, 0) is 0 Å². The van der Waals surface area contributed by atoms with Gasteiger partial charge in [0.2, 0.25) is 0 Å². The van der Waals surface area contributed by atoms with Crippen LogP contribution in [0.5, 0.6) is 0 Å². The molecule has 0 bridgehead atoms. The van der Waals surface area contributed by atoms with Gasteiger partial charge < -0.3 is 5.32 Å². The van der Waals surface area contributed by atoms with E-state index in [0.29, 0.717) is 6.04 Å². The number of hydrogen-bond acceptors (Lipinski definition) is 3. The number of nitrogens with zero attached hydrogens (tertiary/aromatic N) is 1. The van der Waals surface area contributed by atoms with Crippen LogP contribution < -0.4 is 5.32 Å². The second-order valence-electron chi connectivity index (χ2n) is 3.67. The Hall–Kier alpha value is -0.250. The highest BCUT2D eigenvalue weighted by Crippen LogP contribution is 2.24. The quantitative estimate of drug-likeness (QED) is 0.598. The van der Waals surface area contributed by atoms with Gasteiger partial charge in [0, 0.05) is 12.2 Å². The molecule has 1 unspecified atom stereocenters. The van der Waals surface area contributed by atoms with Crippen LogP contribution in [0.25, 0.3) is 0 Å². The van der Waals surface area contributed by atoms with Crippen LogP contribution in [0.4, 0.5) is 0 Å². The van der Waals surface area contributed by atoms with Gasteiger partial charge in [0.25, 0.3) is 0 Å². The third-order valence-corrected chi connectivity index (χ3v) is 4.07. The molecular formula is C12H19ClN2S. The molecule has 90 valence electrons. The first kappa shape index (κ1) is 13.8. The van der Waals surface area contributed by atoms with E-state index in [4.69, 9.17) is 11.6 Å². The Morgan fingerprint density at radius 3 is 3.00 bits per heavy atom. The van der Waals surface area contributed by atoms with E-state index in [1.54, 1.807) is 18.0 Å². The van der Waals surface area contributed by atoms with Crippen LogP contribution in [0.1, 0.15) is 26.2 Å². The van der Waals surface area contributed by atoms with E-state index in [0.717, 1.165) is 15.8 Å². The van der Waals surface area contributed by atoms with Crippen molar-refractivity contribution in [2.45, 2.75) is 37.3 Å². The molecule has 0 aromatic carbocycles. The molecule has 0 fully saturated rings. The standard InChI is InChI=1S/C12H19ClN2S/c1-3-10(14-2)6-5-9-16-12-11(13)7-4-8-15-12/h4,7-8,10,14H,3,5-6,9H2,1-2H3. The Bertz CT molecular complexity index is 303. The molecule has 0 radical (unpaired) electrons. The van der Waals surface area contributed by atoms with Gasteiger partial charge in [-0.25, -0.2) is 4.98 Å². The smallest absolute Gasteiger partial charge is 0.115 e. The van der Waals surface area contributed by atoms with Crippen LogP contribution in [0, 0.1) is 0 Å². The van der Waals surface area contributed by atoms with Gasteiger partial charge in [-0.2, -0.15) is 0 Å². The van der Waals surface area contributed by atoms with Gasteiger partial charge in [0.05, 0.1) is 5.02 Å². The summed E-state index contributed by atoms with van der Waals surface area (Å²) in [5.74, 6) is 1.08. The van der Waals surface area contributed by atoms with Crippen LogP contribution in [0.2, 0.25) is 5.02 Å². The van der Waals surface area contributed by atoms with E-state index >= 15 is 0 Å². The maximum Gasteiger partial charge on any atom is 0.115 e. The number of pyridine rings is 1. The normalized spacial score (nSPS) is 12.7. The fraction of sp³-hybridized carbons (Fsp3) is 0.583. The molecule has 1 aromatic rings. The van der Waals surface area contributed by atoms with Crippen molar-refractivity contribution in [2.75, 3.05) is 12.8 Å². The second kappa shape index (κ2) is 7.93. The third-order valence-electron chi connectivity index (χ3n) is 2.56. The average molecular weight is 259 g/mol. The number of rotatable bonds is 7. The van der Waals surface area contributed by atoms with Crippen molar-refractivity contribution in [1.29, 1.82) is 0 Å². The summed E-state index contributed by atoms with van der Waals surface area (Å²) in [4.78, 5) is 4.25. The highest BCUT2D eigenvalue weighted by molar-refractivity contribution is 7.99. The summed E-state index contributed by atoms with van der Waals surface area (Å²) < 4.78 is 0. The van der Waals surface area contributed by atoms with Gasteiger partial charge in [-0.1, -0.05) is 18.5 Å². The first-order chi connectivity index (χ1) is 7.77. The minimum absolute atomic E-state index is 0.639. The molecule has 0 saturated heterocycles. The number of thioether (sulfide) groups is 1. The van der Waals surface area contributed by atoms with Gasteiger partial charge in [0.15, 0.2) is 0 Å². The summed E-state index contributed by atoms with van der Waals surface area (Å²) in [6.07, 6.45) is 5.38. The molecule has 0 aliphatic heterocycles. The van der Waals surface area contributed by atoms with Crippen molar-refractivity contribution >= 4 is 23.4 Å². The van der Waals surface area contributed by atoms with Gasteiger partial charge in [-0.05, 0) is 44.2 Å². The highest BCUT2D eigenvalue weighted by atomic mass is 35.5. The van der Waals surface area contributed by atoms with Gasteiger partial charge in [-0.15, -0.1) is 11.8 Å². The summed E-state index contributed by atoms with van der Waals surface area (Å²) in [6, 6.07) is 4.39. The molecule has 0 amide bonds. The molecule has 2 nitrogen and oxygen atoms in total. The van der Waals surface area contributed by atoms with Crippen LogP contribution in [0.15, 0.2) is 23.4 Å². The maximum atomic E-state index is 6.02. The summed E-state index contributed by atoms with van der Waals surface area (Å²) in [7, 11) is 2.02. The lowest BCUT2D eigenvalue weighted by molar-refractivity contribution is 0.504. The Morgan fingerprint density at radius 2 is 2.38 bits per heavy atom. The van der Waals surface area contributed by atoms with E-state index in [1.165, 1.54) is 19.3 Å². The van der Waals surface area contributed by atoms with E-state index in [1.807, 2.05) is 19.2 Å². The minimum atomic E-state index is 0.639. The fourth-order valence-corrected chi connectivity index (χ4v) is 2.66. The molecule has 0 saturated carbocycles. The first-order valence-corrected chi connectivity index (χ1v) is 7.04. The van der Waals surface area contributed by atoms with Crippen molar-refractivity contribution in [3.05, 3.63) is 23.4 Å². The molecule has 0 spiro atoms. The number of hydrogen-bond donors (Lipinski definition) is 1. The van der Waals surface area contributed by atoms with E-state index in [9.17, 15) is 0 Å². The van der Waals surface area contributed by atoms with Crippen molar-refractivity contribution < 1.29 is 0 Å². The molecule has 1 aromatic heterocycles. The van der Waals surface area contributed by atoms with Gasteiger partial charge in [-0.3, -0.25) is 0 Å². The first-order valence-electron chi connectivity index (χ1n) is 5.68. The zero-order chi connectivity index (χ0) is 11.8. The molecule has 16 heavy (non-hydrogen) atoms.